The molecule has 1 saturated heterocycles. The molecule has 2 N–H and O–H groups in total. The first kappa shape index (κ1) is 15.7. The number of aromatic nitrogens is 2. The van der Waals surface area contributed by atoms with Crippen LogP contribution < -0.4 is 10.6 Å². The Morgan fingerprint density at radius 3 is 3.09 bits per heavy atom. The highest BCUT2D eigenvalue weighted by Gasteiger charge is 2.25. The number of carbonyl (C=O) groups is 1. The highest BCUT2D eigenvalue weighted by atomic mass is 16.1. The van der Waals surface area contributed by atoms with E-state index in [2.05, 4.69) is 31.2 Å². The third-order valence-corrected chi connectivity index (χ3v) is 4.38. The summed E-state index contributed by atoms with van der Waals surface area (Å²) in [6, 6.07) is 8.12. The van der Waals surface area contributed by atoms with Crippen LogP contribution in [0.1, 0.15) is 27.8 Å². The molecule has 0 saturated carbocycles. The molecule has 1 aromatic heterocycles. The van der Waals surface area contributed by atoms with Crippen LogP contribution in [0.15, 0.2) is 36.7 Å². The Kier molecular flexibility index (Phi) is 4.73. The smallest absolute Gasteiger partial charge is 0.251 e. The van der Waals surface area contributed by atoms with Gasteiger partial charge in [-0.15, -0.1) is 0 Å². The number of benzene rings is 1. The van der Waals surface area contributed by atoms with Gasteiger partial charge in [0.1, 0.15) is 5.82 Å². The quantitative estimate of drug-likeness (QED) is 0.881. The zero-order valence-electron chi connectivity index (χ0n) is 13.6. The first-order chi connectivity index (χ1) is 11.2. The zero-order valence-corrected chi connectivity index (χ0v) is 13.6. The summed E-state index contributed by atoms with van der Waals surface area (Å²) in [5.74, 6) is 1.01. The Hall–Kier alpha value is -2.18. The lowest BCUT2D eigenvalue weighted by Crippen LogP contribution is -2.45. The molecular formula is C17H23N5O. The second-order valence-corrected chi connectivity index (χ2v) is 5.85. The molecule has 0 radical (unpaired) electrons. The molecule has 1 aliphatic heterocycles. The van der Waals surface area contributed by atoms with Gasteiger partial charge in [0.05, 0.1) is 6.54 Å². The summed E-state index contributed by atoms with van der Waals surface area (Å²) in [6.45, 7) is 3.61. The zero-order chi connectivity index (χ0) is 16.2. The predicted molar refractivity (Wildman–Crippen MR) is 89.1 cm³/mol. The maximum absolute atomic E-state index is 11.9. The number of piperazine rings is 1. The van der Waals surface area contributed by atoms with Gasteiger partial charge < -0.3 is 15.2 Å². The van der Waals surface area contributed by atoms with Crippen LogP contribution in [0.2, 0.25) is 0 Å². The van der Waals surface area contributed by atoms with E-state index in [9.17, 15) is 4.79 Å². The van der Waals surface area contributed by atoms with Crippen molar-refractivity contribution in [3.63, 3.8) is 0 Å². The predicted octanol–water partition coefficient (Wildman–Crippen LogP) is 0.926. The molecular weight excluding hydrogens is 290 g/mol. The van der Waals surface area contributed by atoms with E-state index in [0.29, 0.717) is 5.56 Å². The van der Waals surface area contributed by atoms with Crippen molar-refractivity contribution in [2.45, 2.75) is 12.6 Å². The van der Waals surface area contributed by atoms with E-state index in [1.165, 1.54) is 0 Å². The van der Waals surface area contributed by atoms with Crippen LogP contribution in [0, 0.1) is 0 Å². The molecule has 0 spiro atoms. The number of nitrogens with one attached hydrogen (secondary N) is 2. The van der Waals surface area contributed by atoms with Gasteiger partial charge in [-0.3, -0.25) is 9.69 Å². The third-order valence-electron chi connectivity index (χ3n) is 4.38. The molecule has 23 heavy (non-hydrogen) atoms. The van der Waals surface area contributed by atoms with E-state index < -0.39 is 0 Å². The van der Waals surface area contributed by atoms with Crippen LogP contribution in [0.5, 0.6) is 0 Å². The fourth-order valence-electron chi connectivity index (χ4n) is 3.03. The fraction of sp³-hybridized carbons (Fsp3) is 0.412. The van der Waals surface area contributed by atoms with Crippen molar-refractivity contribution in [3.05, 3.63) is 53.6 Å². The van der Waals surface area contributed by atoms with Gasteiger partial charge in [0.25, 0.3) is 5.91 Å². The lowest BCUT2D eigenvalue weighted by molar-refractivity contribution is 0.0962. The Bertz CT molecular complexity index is 681. The average Bonchev–Trinajstić information content (AvgIpc) is 2.99. The summed E-state index contributed by atoms with van der Waals surface area (Å²) in [6.07, 6.45) is 3.80. The normalized spacial score (nSPS) is 18.8. The van der Waals surface area contributed by atoms with E-state index in [4.69, 9.17) is 0 Å². The largest absolute Gasteiger partial charge is 0.355 e. The van der Waals surface area contributed by atoms with Crippen molar-refractivity contribution in [2.24, 2.45) is 7.05 Å². The monoisotopic (exact) mass is 313 g/mol. The Labute approximate surface area is 136 Å². The van der Waals surface area contributed by atoms with Crippen LogP contribution >= 0.6 is 0 Å². The molecule has 0 aliphatic carbocycles. The SMILES string of the molecule is CNC(=O)c1cccc([C@@H]2CNCCN2Cc2nccn2C)c1. The molecule has 0 bridgehead atoms. The van der Waals surface area contributed by atoms with E-state index >= 15 is 0 Å². The summed E-state index contributed by atoms with van der Waals surface area (Å²) in [4.78, 5) is 18.7. The van der Waals surface area contributed by atoms with E-state index in [0.717, 1.165) is 37.6 Å². The number of rotatable bonds is 4. The molecule has 1 aromatic carbocycles. The Balaban J connectivity index is 1.83. The molecule has 1 atom stereocenters. The first-order valence-corrected chi connectivity index (χ1v) is 7.92. The number of hydrogen-bond acceptors (Lipinski definition) is 4. The maximum atomic E-state index is 11.9. The lowest BCUT2D eigenvalue weighted by Gasteiger charge is -2.36. The average molecular weight is 313 g/mol. The third kappa shape index (κ3) is 3.43. The molecule has 122 valence electrons. The standard InChI is InChI=1S/C17H23N5O/c1-18-17(23)14-5-3-4-13(10-14)15-11-19-6-9-22(15)12-16-20-7-8-21(16)2/h3-5,7-8,10,15,19H,6,9,11-12H2,1-2H3,(H,18,23)/t15-/m0/s1. The molecule has 1 amide bonds. The lowest BCUT2D eigenvalue weighted by atomic mass is 10.0. The van der Waals surface area contributed by atoms with Gasteiger partial charge in [-0.25, -0.2) is 4.98 Å². The van der Waals surface area contributed by atoms with Crippen LogP contribution in [-0.2, 0) is 13.6 Å². The maximum Gasteiger partial charge on any atom is 0.251 e. The van der Waals surface area contributed by atoms with Crippen molar-refractivity contribution in [2.75, 3.05) is 26.7 Å². The Morgan fingerprint density at radius 1 is 1.48 bits per heavy atom. The molecule has 6 heteroatoms. The summed E-state index contributed by atoms with van der Waals surface area (Å²) < 4.78 is 2.06. The number of aryl methyl sites for hydroxylation is 1. The first-order valence-electron chi connectivity index (χ1n) is 7.92. The highest BCUT2D eigenvalue weighted by Crippen LogP contribution is 2.24. The fourth-order valence-corrected chi connectivity index (χ4v) is 3.03. The van der Waals surface area contributed by atoms with Crippen molar-refractivity contribution < 1.29 is 4.79 Å². The van der Waals surface area contributed by atoms with Crippen molar-refractivity contribution in [3.8, 4) is 0 Å². The minimum absolute atomic E-state index is 0.0498. The summed E-state index contributed by atoms with van der Waals surface area (Å²) in [7, 11) is 3.68. The number of hydrogen-bond donors (Lipinski definition) is 2. The van der Waals surface area contributed by atoms with Crippen LogP contribution in [-0.4, -0.2) is 47.0 Å². The van der Waals surface area contributed by atoms with Gasteiger partial charge in [0.15, 0.2) is 0 Å². The molecule has 2 heterocycles. The minimum atomic E-state index is -0.0498. The molecule has 0 unspecified atom stereocenters. The minimum Gasteiger partial charge on any atom is -0.355 e. The summed E-state index contributed by atoms with van der Waals surface area (Å²) >= 11 is 0. The number of amides is 1. The van der Waals surface area contributed by atoms with Crippen molar-refractivity contribution in [1.29, 1.82) is 0 Å². The number of imidazole rings is 1. The van der Waals surface area contributed by atoms with E-state index in [1.54, 1.807) is 7.05 Å². The molecule has 3 rings (SSSR count). The second-order valence-electron chi connectivity index (χ2n) is 5.85. The van der Waals surface area contributed by atoms with Gasteiger partial charge >= 0.3 is 0 Å². The van der Waals surface area contributed by atoms with Crippen LogP contribution in [0.4, 0.5) is 0 Å². The van der Waals surface area contributed by atoms with Gasteiger partial charge in [-0.2, -0.15) is 0 Å². The molecule has 6 nitrogen and oxygen atoms in total. The van der Waals surface area contributed by atoms with Gasteiger partial charge in [-0.1, -0.05) is 12.1 Å². The highest BCUT2D eigenvalue weighted by molar-refractivity contribution is 5.94. The van der Waals surface area contributed by atoms with Crippen molar-refractivity contribution >= 4 is 5.91 Å². The number of nitrogens with zero attached hydrogens (tertiary/aromatic N) is 3. The van der Waals surface area contributed by atoms with E-state index in [-0.39, 0.29) is 11.9 Å². The second kappa shape index (κ2) is 6.93. The topological polar surface area (TPSA) is 62.2 Å². The van der Waals surface area contributed by atoms with Gasteiger partial charge in [-0.05, 0) is 17.7 Å². The van der Waals surface area contributed by atoms with E-state index in [1.807, 2.05) is 37.6 Å². The van der Waals surface area contributed by atoms with Gasteiger partial charge in [0.2, 0.25) is 0 Å². The van der Waals surface area contributed by atoms with Gasteiger partial charge in [0, 0.05) is 57.7 Å². The Morgan fingerprint density at radius 2 is 2.35 bits per heavy atom. The summed E-state index contributed by atoms with van der Waals surface area (Å²) in [5.41, 5.74) is 1.86. The summed E-state index contributed by atoms with van der Waals surface area (Å²) in [5, 5.41) is 6.14. The van der Waals surface area contributed by atoms with Crippen molar-refractivity contribution in [1.82, 2.24) is 25.1 Å². The van der Waals surface area contributed by atoms with Crippen LogP contribution in [0.3, 0.4) is 0 Å². The molecule has 2 aromatic rings. The molecule has 1 aliphatic rings. The molecule has 1 fully saturated rings. The van der Waals surface area contributed by atoms with Crippen LogP contribution in [0.25, 0.3) is 0 Å². The number of carbonyl (C=O) groups excluding carboxylic acids is 1.